The normalized spacial score (nSPS) is 13.5. The number of ketones is 2. The van der Waals surface area contributed by atoms with Crippen molar-refractivity contribution >= 4 is 34.8 Å². The molecule has 0 bridgehead atoms. The van der Waals surface area contributed by atoms with Crippen LogP contribution in [-0.4, -0.2) is 17.5 Å². The van der Waals surface area contributed by atoms with E-state index in [4.69, 9.17) is 23.1 Å². The minimum absolute atomic E-state index is 0.0177. The molecular formula is C18H15ClN4O2. The van der Waals surface area contributed by atoms with Crippen molar-refractivity contribution in [1.82, 2.24) is 0 Å². The molecule has 0 aromatic heterocycles. The number of carbonyl (C=O) groups is 2. The number of benzene rings is 2. The van der Waals surface area contributed by atoms with Crippen molar-refractivity contribution in [3.8, 4) is 0 Å². The summed E-state index contributed by atoms with van der Waals surface area (Å²) in [6.45, 7) is 0.358. The number of Topliss-reactive ketones (excluding diaryl/α,β-unsaturated/α-hetero) is 2. The number of allylic oxidation sites excluding steroid dienone is 2. The van der Waals surface area contributed by atoms with Crippen LogP contribution in [0.3, 0.4) is 0 Å². The van der Waals surface area contributed by atoms with Gasteiger partial charge in [0.1, 0.15) is 10.7 Å². The van der Waals surface area contributed by atoms with Crippen molar-refractivity contribution in [2.75, 3.05) is 5.32 Å². The highest BCUT2D eigenvalue weighted by Gasteiger charge is 2.31. The summed E-state index contributed by atoms with van der Waals surface area (Å²) in [4.78, 5) is 28.9. The lowest BCUT2D eigenvalue weighted by atomic mass is 9.92. The zero-order chi connectivity index (χ0) is 18.0. The number of nitrogens with one attached hydrogen (secondary N) is 1. The van der Waals surface area contributed by atoms with Gasteiger partial charge in [0.2, 0.25) is 11.6 Å². The molecule has 1 aliphatic carbocycles. The Hall–Kier alpha value is -3.12. The van der Waals surface area contributed by atoms with E-state index in [1.54, 1.807) is 36.4 Å². The Labute approximate surface area is 149 Å². The molecule has 7 heteroatoms. The zero-order valence-corrected chi connectivity index (χ0v) is 13.9. The second-order valence-electron chi connectivity index (χ2n) is 5.46. The van der Waals surface area contributed by atoms with E-state index in [9.17, 15) is 9.59 Å². The van der Waals surface area contributed by atoms with Crippen molar-refractivity contribution in [3.05, 3.63) is 76.0 Å². The van der Waals surface area contributed by atoms with Crippen LogP contribution >= 0.6 is 11.6 Å². The number of halogens is 1. The van der Waals surface area contributed by atoms with E-state index in [1.165, 1.54) is 0 Å². The first-order chi connectivity index (χ1) is 12.0. The number of hydrogen-bond acceptors (Lipinski definition) is 4. The number of hydrogen-bond donors (Lipinski definition) is 3. The van der Waals surface area contributed by atoms with Crippen LogP contribution in [0.15, 0.2) is 64.3 Å². The zero-order valence-electron chi connectivity index (χ0n) is 13.1. The van der Waals surface area contributed by atoms with Gasteiger partial charge >= 0.3 is 0 Å². The lowest BCUT2D eigenvalue weighted by Gasteiger charge is -2.19. The molecule has 0 fully saturated rings. The van der Waals surface area contributed by atoms with E-state index in [-0.39, 0.29) is 28.3 Å². The lowest BCUT2D eigenvalue weighted by Crippen LogP contribution is -2.24. The molecule has 0 radical (unpaired) electrons. The van der Waals surface area contributed by atoms with Gasteiger partial charge in [-0.2, -0.15) is 0 Å². The fourth-order valence-electron chi connectivity index (χ4n) is 2.48. The van der Waals surface area contributed by atoms with Crippen molar-refractivity contribution in [2.45, 2.75) is 6.54 Å². The number of fused-ring (bicyclic) bond motifs is 1. The van der Waals surface area contributed by atoms with Gasteiger partial charge in [0.05, 0.1) is 6.54 Å². The lowest BCUT2D eigenvalue weighted by molar-refractivity contribution is 0.0982. The molecule has 1 aliphatic rings. The summed E-state index contributed by atoms with van der Waals surface area (Å²) < 4.78 is 0. The average Bonchev–Trinajstić information content (AvgIpc) is 2.62. The molecule has 0 saturated carbocycles. The van der Waals surface area contributed by atoms with Gasteiger partial charge in [0.25, 0.3) is 0 Å². The predicted molar refractivity (Wildman–Crippen MR) is 97.6 cm³/mol. The third-order valence-electron chi connectivity index (χ3n) is 3.73. The van der Waals surface area contributed by atoms with Crippen LogP contribution < -0.4 is 16.8 Å². The Morgan fingerprint density at radius 1 is 0.960 bits per heavy atom. The maximum Gasteiger partial charge on any atom is 0.211 e. The molecular weight excluding hydrogens is 340 g/mol. The second kappa shape index (κ2) is 6.78. The summed E-state index contributed by atoms with van der Waals surface area (Å²) in [7, 11) is 0. The molecule has 0 amide bonds. The van der Waals surface area contributed by atoms with Crippen LogP contribution in [0, 0.1) is 0 Å². The Morgan fingerprint density at radius 2 is 1.56 bits per heavy atom. The SMILES string of the molecule is NC(N)=NCc1ccc(NC2=C(Cl)C(=O)c3ccccc3C2=O)cc1. The Balaban J connectivity index is 1.85. The summed E-state index contributed by atoms with van der Waals surface area (Å²) in [5.41, 5.74) is 12.9. The number of nitrogens with two attached hydrogens (primary N) is 2. The minimum Gasteiger partial charge on any atom is -0.370 e. The summed E-state index contributed by atoms with van der Waals surface area (Å²) in [6.07, 6.45) is 0. The fraction of sp³-hybridized carbons (Fsp3) is 0.0556. The monoisotopic (exact) mass is 354 g/mol. The quantitative estimate of drug-likeness (QED) is 0.576. The molecule has 126 valence electrons. The number of rotatable bonds is 4. The van der Waals surface area contributed by atoms with Crippen molar-refractivity contribution in [1.29, 1.82) is 0 Å². The first kappa shape index (κ1) is 16.7. The highest BCUT2D eigenvalue weighted by molar-refractivity contribution is 6.50. The van der Waals surface area contributed by atoms with Crippen LogP contribution in [0.1, 0.15) is 26.3 Å². The van der Waals surface area contributed by atoms with Gasteiger partial charge in [0, 0.05) is 16.8 Å². The van der Waals surface area contributed by atoms with Gasteiger partial charge < -0.3 is 16.8 Å². The van der Waals surface area contributed by atoms with E-state index in [2.05, 4.69) is 10.3 Å². The van der Waals surface area contributed by atoms with E-state index in [1.807, 2.05) is 12.1 Å². The van der Waals surface area contributed by atoms with Gasteiger partial charge in [-0.1, -0.05) is 48.0 Å². The molecule has 3 rings (SSSR count). The van der Waals surface area contributed by atoms with Crippen LogP contribution in [0.25, 0.3) is 0 Å². The molecule has 25 heavy (non-hydrogen) atoms. The Kier molecular flexibility index (Phi) is 4.54. The first-order valence-corrected chi connectivity index (χ1v) is 7.84. The molecule has 6 nitrogen and oxygen atoms in total. The average molecular weight is 355 g/mol. The van der Waals surface area contributed by atoms with E-state index in [0.717, 1.165) is 5.56 Å². The predicted octanol–water partition coefficient (Wildman–Crippen LogP) is 2.40. The molecule has 0 saturated heterocycles. The maximum absolute atomic E-state index is 12.6. The summed E-state index contributed by atoms with van der Waals surface area (Å²) in [5.74, 6) is -0.669. The van der Waals surface area contributed by atoms with Crippen molar-refractivity contribution in [2.24, 2.45) is 16.5 Å². The van der Waals surface area contributed by atoms with Gasteiger partial charge in [-0.15, -0.1) is 0 Å². The van der Waals surface area contributed by atoms with E-state index < -0.39 is 0 Å². The number of carbonyl (C=O) groups excluding carboxylic acids is 2. The van der Waals surface area contributed by atoms with Crippen LogP contribution in [-0.2, 0) is 6.54 Å². The number of aliphatic imine (C=N–C) groups is 1. The molecule has 2 aromatic carbocycles. The van der Waals surface area contributed by atoms with Crippen molar-refractivity contribution < 1.29 is 9.59 Å². The summed E-state index contributed by atoms with van der Waals surface area (Å²) >= 11 is 6.12. The van der Waals surface area contributed by atoms with E-state index in [0.29, 0.717) is 23.4 Å². The van der Waals surface area contributed by atoms with Crippen molar-refractivity contribution in [3.63, 3.8) is 0 Å². The highest BCUT2D eigenvalue weighted by atomic mass is 35.5. The van der Waals surface area contributed by atoms with Gasteiger partial charge in [-0.3, -0.25) is 9.59 Å². The standard InChI is InChI=1S/C18H15ClN4O2/c19-14-15(17(25)13-4-2-1-3-12(13)16(14)24)23-11-7-5-10(6-8-11)9-22-18(20)21/h1-8,23H,9H2,(H4,20,21,22). The molecule has 0 unspecified atom stereocenters. The summed E-state index contributed by atoms with van der Waals surface area (Å²) in [5, 5.41) is 2.82. The third kappa shape index (κ3) is 3.39. The molecule has 0 atom stereocenters. The minimum atomic E-state index is -0.372. The molecule has 0 aliphatic heterocycles. The molecule has 0 spiro atoms. The highest BCUT2D eigenvalue weighted by Crippen LogP contribution is 2.29. The number of nitrogens with zero attached hydrogens (tertiary/aromatic N) is 1. The van der Waals surface area contributed by atoms with Gasteiger partial charge in [0.15, 0.2) is 5.96 Å². The number of guanidine groups is 1. The van der Waals surface area contributed by atoms with Crippen LogP contribution in [0.4, 0.5) is 5.69 Å². The Bertz CT molecular complexity index is 913. The first-order valence-electron chi connectivity index (χ1n) is 7.47. The topological polar surface area (TPSA) is 111 Å². The maximum atomic E-state index is 12.6. The second-order valence-corrected chi connectivity index (χ2v) is 5.83. The van der Waals surface area contributed by atoms with Crippen LogP contribution in [0.5, 0.6) is 0 Å². The van der Waals surface area contributed by atoms with Crippen LogP contribution in [0.2, 0.25) is 0 Å². The van der Waals surface area contributed by atoms with E-state index >= 15 is 0 Å². The number of anilines is 1. The molecule has 2 aromatic rings. The molecule has 5 N–H and O–H groups in total. The van der Waals surface area contributed by atoms with Gasteiger partial charge in [-0.05, 0) is 17.7 Å². The fourth-order valence-corrected chi connectivity index (χ4v) is 2.71. The van der Waals surface area contributed by atoms with Gasteiger partial charge in [-0.25, -0.2) is 4.99 Å². The molecule has 0 heterocycles. The third-order valence-corrected chi connectivity index (χ3v) is 4.09. The largest absolute Gasteiger partial charge is 0.370 e. The Morgan fingerprint density at radius 3 is 2.16 bits per heavy atom. The smallest absolute Gasteiger partial charge is 0.211 e. The summed E-state index contributed by atoms with van der Waals surface area (Å²) in [6, 6.07) is 13.7.